The van der Waals surface area contributed by atoms with Crippen molar-refractivity contribution in [3.05, 3.63) is 0 Å². The number of rotatable bonds is 4. The first-order valence-electron chi connectivity index (χ1n) is 4.87. The van der Waals surface area contributed by atoms with Gasteiger partial charge in [0, 0.05) is 25.2 Å². The fourth-order valence-electron chi connectivity index (χ4n) is 1.66. The van der Waals surface area contributed by atoms with E-state index in [4.69, 9.17) is 5.73 Å². The van der Waals surface area contributed by atoms with Gasteiger partial charge in [-0.05, 0) is 33.4 Å². The molecule has 3 nitrogen and oxygen atoms in total. The molecule has 2 atom stereocenters. The lowest BCUT2D eigenvalue weighted by atomic mass is 10.2. The van der Waals surface area contributed by atoms with Crippen LogP contribution in [-0.4, -0.2) is 43.7 Å². The van der Waals surface area contributed by atoms with Gasteiger partial charge in [-0.2, -0.15) is 0 Å². The summed E-state index contributed by atoms with van der Waals surface area (Å²) < 4.78 is 0. The van der Waals surface area contributed by atoms with Gasteiger partial charge in [-0.15, -0.1) is 0 Å². The van der Waals surface area contributed by atoms with Gasteiger partial charge in [0.15, 0.2) is 0 Å². The highest BCUT2D eigenvalue weighted by Crippen LogP contribution is 2.13. The molecule has 1 aliphatic rings. The van der Waals surface area contributed by atoms with Gasteiger partial charge < -0.3 is 16.0 Å². The zero-order chi connectivity index (χ0) is 8.97. The highest BCUT2D eigenvalue weighted by Gasteiger charge is 2.20. The smallest absolute Gasteiger partial charge is 0.0218 e. The zero-order valence-electron chi connectivity index (χ0n) is 8.21. The van der Waals surface area contributed by atoms with Crippen LogP contribution in [0.1, 0.15) is 19.8 Å². The maximum Gasteiger partial charge on any atom is 0.0218 e. The average molecular weight is 171 g/mol. The van der Waals surface area contributed by atoms with Crippen LogP contribution < -0.4 is 11.1 Å². The molecule has 0 aromatic rings. The Labute approximate surface area is 75.3 Å². The highest BCUT2D eigenvalue weighted by molar-refractivity contribution is 4.79. The van der Waals surface area contributed by atoms with Crippen LogP contribution in [0.5, 0.6) is 0 Å². The van der Waals surface area contributed by atoms with Crippen LogP contribution in [0.25, 0.3) is 0 Å². The minimum atomic E-state index is 0.457. The molecule has 0 amide bonds. The molecule has 72 valence electrons. The minimum Gasteiger partial charge on any atom is -0.329 e. The van der Waals surface area contributed by atoms with Crippen LogP contribution in [0.4, 0.5) is 0 Å². The van der Waals surface area contributed by atoms with Crippen molar-refractivity contribution in [2.75, 3.05) is 26.7 Å². The Hall–Kier alpha value is -0.120. The van der Waals surface area contributed by atoms with Gasteiger partial charge in [0.05, 0.1) is 0 Å². The molecule has 3 heteroatoms. The van der Waals surface area contributed by atoms with Gasteiger partial charge in [-0.25, -0.2) is 0 Å². The van der Waals surface area contributed by atoms with E-state index in [2.05, 4.69) is 24.2 Å². The van der Waals surface area contributed by atoms with E-state index in [1.54, 1.807) is 0 Å². The van der Waals surface area contributed by atoms with Crippen molar-refractivity contribution in [1.82, 2.24) is 10.2 Å². The van der Waals surface area contributed by atoms with Crippen molar-refractivity contribution in [1.29, 1.82) is 0 Å². The second-order valence-corrected chi connectivity index (χ2v) is 3.82. The van der Waals surface area contributed by atoms with Crippen molar-refractivity contribution in [3.63, 3.8) is 0 Å². The SMILES string of the molecule is CC(CN)NCC1CCCN1C. The second kappa shape index (κ2) is 4.80. The van der Waals surface area contributed by atoms with Crippen LogP contribution in [-0.2, 0) is 0 Å². The van der Waals surface area contributed by atoms with Gasteiger partial charge in [-0.1, -0.05) is 0 Å². The lowest BCUT2D eigenvalue weighted by molar-refractivity contribution is 0.294. The maximum atomic E-state index is 5.52. The van der Waals surface area contributed by atoms with Crippen molar-refractivity contribution >= 4 is 0 Å². The van der Waals surface area contributed by atoms with Crippen molar-refractivity contribution < 1.29 is 0 Å². The summed E-state index contributed by atoms with van der Waals surface area (Å²) in [7, 11) is 2.20. The van der Waals surface area contributed by atoms with Crippen LogP contribution >= 0.6 is 0 Å². The van der Waals surface area contributed by atoms with Crippen LogP contribution in [0.2, 0.25) is 0 Å². The second-order valence-electron chi connectivity index (χ2n) is 3.82. The van der Waals surface area contributed by atoms with Crippen molar-refractivity contribution in [2.24, 2.45) is 5.73 Å². The monoisotopic (exact) mass is 171 g/mol. The zero-order valence-corrected chi connectivity index (χ0v) is 8.21. The molecule has 0 spiro atoms. The quantitative estimate of drug-likeness (QED) is 0.626. The molecule has 0 saturated carbocycles. The number of nitrogens with zero attached hydrogens (tertiary/aromatic N) is 1. The third-order valence-corrected chi connectivity index (χ3v) is 2.73. The number of hydrogen-bond acceptors (Lipinski definition) is 3. The van der Waals surface area contributed by atoms with Gasteiger partial charge in [-0.3, -0.25) is 0 Å². The number of nitrogens with two attached hydrogens (primary N) is 1. The summed E-state index contributed by atoms with van der Waals surface area (Å²) in [5.74, 6) is 0. The first-order valence-corrected chi connectivity index (χ1v) is 4.87. The Morgan fingerprint density at radius 3 is 2.92 bits per heavy atom. The molecule has 1 fully saturated rings. The summed E-state index contributed by atoms with van der Waals surface area (Å²) in [6, 6.07) is 1.19. The van der Waals surface area contributed by atoms with Gasteiger partial charge in [0.1, 0.15) is 0 Å². The summed E-state index contributed by atoms with van der Waals surface area (Å²) in [5, 5.41) is 3.44. The standard InChI is InChI=1S/C9H21N3/c1-8(6-10)11-7-9-4-3-5-12(9)2/h8-9,11H,3-7,10H2,1-2H3. The number of hydrogen-bond donors (Lipinski definition) is 2. The predicted molar refractivity (Wildman–Crippen MR) is 52.2 cm³/mol. The minimum absolute atomic E-state index is 0.457. The van der Waals surface area contributed by atoms with Crippen LogP contribution in [0.15, 0.2) is 0 Å². The van der Waals surface area contributed by atoms with Crippen molar-refractivity contribution in [2.45, 2.75) is 31.8 Å². The van der Waals surface area contributed by atoms with E-state index in [1.807, 2.05) is 0 Å². The summed E-state index contributed by atoms with van der Waals surface area (Å²) in [5.41, 5.74) is 5.52. The van der Waals surface area contributed by atoms with Gasteiger partial charge >= 0.3 is 0 Å². The van der Waals surface area contributed by atoms with E-state index in [0.29, 0.717) is 6.04 Å². The molecule has 1 aliphatic heterocycles. The van der Waals surface area contributed by atoms with E-state index in [0.717, 1.165) is 19.1 Å². The molecule has 0 bridgehead atoms. The fraction of sp³-hybridized carbons (Fsp3) is 1.00. The summed E-state index contributed by atoms with van der Waals surface area (Å²) in [4.78, 5) is 2.43. The molecule has 12 heavy (non-hydrogen) atoms. The Morgan fingerprint density at radius 2 is 2.42 bits per heavy atom. The van der Waals surface area contributed by atoms with E-state index in [9.17, 15) is 0 Å². The molecular weight excluding hydrogens is 150 g/mol. The Morgan fingerprint density at radius 1 is 1.67 bits per heavy atom. The number of likely N-dealkylation sites (N-methyl/N-ethyl adjacent to an activating group) is 1. The molecule has 0 aliphatic carbocycles. The first kappa shape index (κ1) is 9.96. The molecule has 1 heterocycles. The average Bonchev–Trinajstić information content (AvgIpc) is 2.47. The van der Waals surface area contributed by atoms with Gasteiger partial charge in [0.25, 0.3) is 0 Å². The summed E-state index contributed by atoms with van der Waals surface area (Å²) in [6.45, 7) is 5.21. The molecule has 0 aromatic carbocycles. The van der Waals surface area contributed by atoms with E-state index < -0.39 is 0 Å². The molecule has 3 N–H and O–H groups in total. The molecule has 1 rings (SSSR count). The molecule has 0 aromatic heterocycles. The predicted octanol–water partition coefficient (Wildman–Crippen LogP) is 0.0174. The molecule has 0 radical (unpaired) electrons. The largest absolute Gasteiger partial charge is 0.329 e. The Bertz CT molecular complexity index is 127. The Balaban J connectivity index is 2.13. The summed E-state index contributed by atoms with van der Waals surface area (Å²) in [6.07, 6.45) is 2.68. The molecular formula is C9H21N3. The van der Waals surface area contributed by atoms with Crippen molar-refractivity contribution in [3.8, 4) is 0 Å². The number of nitrogens with one attached hydrogen (secondary N) is 1. The topological polar surface area (TPSA) is 41.3 Å². The Kier molecular flexibility index (Phi) is 3.98. The van der Waals surface area contributed by atoms with Crippen LogP contribution in [0, 0.1) is 0 Å². The number of likely N-dealkylation sites (tertiary alicyclic amines) is 1. The lowest BCUT2D eigenvalue weighted by Gasteiger charge is -2.21. The van der Waals surface area contributed by atoms with E-state index >= 15 is 0 Å². The fourth-order valence-corrected chi connectivity index (χ4v) is 1.66. The normalized spacial score (nSPS) is 27.8. The maximum absolute atomic E-state index is 5.52. The third-order valence-electron chi connectivity index (χ3n) is 2.73. The molecule has 1 saturated heterocycles. The molecule has 2 unspecified atom stereocenters. The third kappa shape index (κ3) is 2.73. The van der Waals surface area contributed by atoms with E-state index in [-0.39, 0.29) is 0 Å². The summed E-state index contributed by atoms with van der Waals surface area (Å²) >= 11 is 0. The van der Waals surface area contributed by atoms with Crippen LogP contribution in [0.3, 0.4) is 0 Å². The lowest BCUT2D eigenvalue weighted by Crippen LogP contribution is -2.41. The van der Waals surface area contributed by atoms with Gasteiger partial charge in [0.2, 0.25) is 0 Å². The first-order chi connectivity index (χ1) is 5.74. The van der Waals surface area contributed by atoms with E-state index in [1.165, 1.54) is 19.4 Å². The highest BCUT2D eigenvalue weighted by atomic mass is 15.2.